The van der Waals surface area contributed by atoms with Crippen LogP contribution in [0.1, 0.15) is 56.3 Å². The van der Waals surface area contributed by atoms with E-state index in [1.165, 1.54) is 6.92 Å². The Bertz CT molecular complexity index is 557. The molecule has 1 aromatic carbocycles. The van der Waals surface area contributed by atoms with Crippen molar-refractivity contribution in [2.45, 2.75) is 52.0 Å². The van der Waals surface area contributed by atoms with E-state index in [4.69, 9.17) is 0 Å². The number of carbonyl (C=O) groups is 3. The quantitative estimate of drug-likeness (QED) is 0.610. The molecule has 0 aliphatic heterocycles. The fourth-order valence-corrected chi connectivity index (χ4v) is 2.25. The van der Waals surface area contributed by atoms with Gasteiger partial charge in [0.2, 0.25) is 5.91 Å². The highest BCUT2D eigenvalue weighted by Crippen LogP contribution is 2.15. The SMILES string of the molecule is CCCCCC[C@@H](NC(=O)c1ccccc1NC(C)=O)C(=O)O. The minimum Gasteiger partial charge on any atom is -0.480 e. The van der Waals surface area contributed by atoms with Crippen molar-refractivity contribution in [2.24, 2.45) is 0 Å². The third-order valence-corrected chi connectivity index (χ3v) is 3.43. The summed E-state index contributed by atoms with van der Waals surface area (Å²) in [5.74, 6) is -1.84. The number of rotatable bonds is 9. The molecule has 0 bridgehead atoms. The number of aliphatic carboxylic acids is 1. The number of amides is 2. The van der Waals surface area contributed by atoms with Gasteiger partial charge in [-0.05, 0) is 18.6 Å². The van der Waals surface area contributed by atoms with E-state index < -0.39 is 17.9 Å². The topological polar surface area (TPSA) is 95.5 Å². The maximum atomic E-state index is 12.3. The zero-order valence-electron chi connectivity index (χ0n) is 13.6. The van der Waals surface area contributed by atoms with Gasteiger partial charge in [-0.25, -0.2) is 4.79 Å². The van der Waals surface area contributed by atoms with E-state index in [0.29, 0.717) is 12.1 Å². The van der Waals surface area contributed by atoms with E-state index in [0.717, 1.165) is 25.7 Å². The van der Waals surface area contributed by atoms with Gasteiger partial charge in [-0.2, -0.15) is 0 Å². The third-order valence-electron chi connectivity index (χ3n) is 3.43. The van der Waals surface area contributed by atoms with Crippen molar-refractivity contribution >= 4 is 23.5 Å². The van der Waals surface area contributed by atoms with Crippen LogP contribution in [0.2, 0.25) is 0 Å². The number of anilines is 1. The summed E-state index contributed by atoms with van der Waals surface area (Å²) in [6.45, 7) is 3.43. The Morgan fingerprint density at radius 2 is 1.83 bits per heavy atom. The Morgan fingerprint density at radius 3 is 2.43 bits per heavy atom. The Hall–Kier alpha value is -2.37. The average molecular weight is 320 g/mol. The smallest absolute Gasteiger partial charge is 0.326 e. The Labute approximate surface area is 136 Å². The van der Waals surface area contributed by atoms with Crippen LogP contribution in [-0.4, -0.2) is 28.9 Å². The van der Waals surface area contributed by atoms with Gasteiger partial charge >= 0.3 is 5.97 Å². The minimum atomic E-state index is -1.05. The molecule has 6 heteroatoms. The maximum Gasteiger partial charge on any atom is 0.326 e. The number of nitrogens with one attached hydrogen (secondary N) is 2. The fourth-order valence-electron chi connectivity index (χ4n) is 2.25. The van der Waals surface area contributed by atoms with Crippen LogP contribution in [0.5, 0.6) is 0 Å². The van der Waals surface area contributed by atoms with Crippen LogP contribution in [-0.2, 0) is 9.59 Å². The largest absolute Gasteiger partial charge is 0.480 e. The molecule has 0 saturated carbocycles. The number of hydrogen-bond donors (Lipinski definition) is 3. The van der Waals surface area contributed by atoms with Gasteiger partial charge in [0.15, 0.2) is 0 Å². The van der Waals surface area contributed by atoms with Gasteiger partial charge in [0.05, 0.1) is 11.3 Å². The van der Waals surface area contributed by atoms with Crippen LogP contribution < -0.4 is 10.6 Å². The van der Waals surface area contributed by atoms with Gasteiger partial charge in [-0.15, -0.1) is 0 Å². The second kappa shape index (κ2) is 9.61. The van der Waals surface area contributed by atoms with Crippen molar-refractivity contribution in [1.82, 2.24) is 5.32 Å². The summed E-state index contributed by atoms with van der Waals surface area (Å²) in [6.07, 6.45) is 4.19. The molecule has 1 atom stereocenters. The number of carbonyl (C=O) groups excluding carboxylic acids is 2. The fraction of sp³-hybridized carbons (Fsp3) is 0.471. The van der Waals surface area contributed by atoms with Gasteiger partial charge in [0, 0.05) is 6.92 Å². The summed E-state index contributed by atoms with van der Waals surface area (Å²) < 4.78 is 0. The first-order chi connectivity index (χ1) is 11.0. The molecule has 0 saturated heterocycles. The second-order valence-electron chi connectivity index (χ2n) is 5.44. The van der Waals surface area contributed by atoms with Crippen LogP contribution in [0.15, 0.2) is 24.3 Å². The minimum absolute atomic E-state index is 0.252. The lowest BCUT2D eigenvalue weighted by Gasteiger charge is -2.16. The molecular weight excluding hydrogens is 296 g/mol. The predicted octanol–water partition coefficient (Wildman–Crippen LogP) is 2.80. The van der Waals surface area contributed by atoms with E-state index in [2.05, 4.69) is 17.6 Å². The number of carboxylic acids is 1. The van der Waals surface area contributed by atoms with Gasteiger partial charge in [-0.3, -0.25) is 9.59 Å². The van der Waals surface area contributed by atoms with E-state index in [1.807, 2.05) is 0 Å². The summed E-state index contributed by atoms with van der Waals surface area (Å²) >= 11 is 0. The standard InChI is InChI=1S/C17H24N2O4/c1-3-4-5-6-11-15(17(22)23)19-16(21)13-9-7-8-10-14(13)18-12(2)20/h7-10,15H,3-6,11H2,1-2H3,(H,18,20)(H,19,21)(H,22,23)/t15-/m1/s1. The molecule has 0 unspecified atom stereocenters. The van der Waals surface area contributed by atoms with E-state index in [1.54, 1.807) is 24.3 Å². The highest BCUT2D eigenvalue weighted by Gasteiger charge is 2.21. The van der Waals surface area contributed by atoms with Crippen molar-refractivity contribution in [1.29, 1.82) is 0 Å². The summed E-state index contributed by atoms with van der Waals surface area (Å²) in [4.78, 5) is 34.8. The lowest BCUT2D eigenvalue weighted by Crippen LogP contribution is -2.41. The van der Waals surface area contributed by atoms with Crippen molar-refractivity contribution in [2.75, 3.05) is 5.32 Å². The van der Waals surface area contributed by atoms with Crippen LogP contribution >= 0.6 is 0 Å². The highest BCUT2D eigenvalue weighted by atomic mass is 16.4. The molecular formula is C17H24N2O4. The number of hydrogen-bond acceptors (Lipinski definition) is 3. The van der Waals surface area contributed by atoms with Gasteiger partial charge in [0.1, 0.15) is 6.04 Å². The lowest BCUT2D eigenvalue weighted by atomic mass is 10.1. The first kappa shape index (κ1) is 18.7. The van der Waals surface area contributed by atoms with Crippen LogP contribution in [0.4, 0.5) is 5.69 Å². The Kier molecular flexibility index (Phi) is 7.80. The molecule has 3 N–H and O–H groups in total. The zero-order chi connectivity index (χ0) is 17.2. The average Bonchev–Trinajstić information content (AvgIpc) is 2.49. The van der Waals surface area contributed by atoms with E-state index in [-0.39, 0.29) is 11.5 Å². The molecule has 2 amide bonds. The van der Waals surface area contributed by atoms with Gasteiger partial charge in [-0.1, -0.05) is 44.7 Å². The molecule has 0 fully saturated rings. The molecule has 0 heterocycles. The molecule has 1 rings (SSSR count). The molecule has 0 aliphatic rings. The van der Waals surface area contributed by atoms with E-state index >= 15 is 0 Å². The number of carboxylic acid groups (broad SMARTS) is 1. The van der Waals surface area contributed by atoms with Crippen molar-refractivity contribution < 1.29 is 19.5 Å². The molecule has 0 aliphatic carbocycles. The zero-order valence-corrected chi connectivity index (χ0v) is 13.6. The summed E-state index contributed by atoms with van der Waals surface area (Å²) in [5, 5.41) is 14.4. The van der Waals surface area contributed by atoms with Gasteiger partial charge < -0.3 is 15.7 Å². The monoisotopic (exact) mass is 320 g/mol. The first-order valence-electron chi connectivity index (χ1n) is 7.86. The van der Waals surface area contributed by atoms with Crippen LogP contribution in [0.3, 0.4) is 0 Å². The Morgan fingerprint density at radius 1 is 1.13 bits per heavy atom. The van der Waals surface area contributed by atoms with Crippen LogP contribution in [0, 0.1) is 0 Å². The molecule has 23 heavy (non-hydrogen) atoms. The van der Waals surface area contributed by atoms with Crippen molar-refractivity contribution in [3.8, 4) is 0 Å². The van der Waals surface area contributed by atoms with E-state index in [9.17, 15) is 19.5 Å². The molecule has 0 radical (unpaired) electrons. The first-order valence-corrected chi connectivity index (χ1v) is 7.86. The number of unbranched alkanes of at least 4 members (excludes halogenated alkanes) is 3. The number of para-hydroxylation sites is 1. The summed E-state index contributed by atoms with van der Waals surface area (Å²) in [6, 6.07) is 5.59. The second-order valence-corrected chi connectivity index (χ2v) is 5.44. The number of benzene rings is 1. The highest BCUT2D eigenvalue weighted by molar-refractivity contribution is 6.04. The third kappa shape index (κ3) is 6.50. The normalized spacial score (nSPS) is 11.6. The Balaban J connectivity index is 2.75. The summed E-state index contributed by atoms with van der Waals surface area (Å²) in [7, 11) is 0. The molecule has 1 aromatic rings. The van der Waals surface area contributed by atoms with Crippen LogP contribution in [0.25, 0.3) is 0 Å². The predicted molar refractivity (Wildman–Crippen MR) is 88.4 cm³/mol. The maximum absolute atomic E-state index is 12.3. The molecule has 0 aromatic heterocycles. The molecule has 0 spiro atoms. The lowest BCUT2D eigenvalue weighted by molar-refractivity contribution is -0.139. The molecule has 126 valence electrons. The van der Waals surface area contributed by atoms with Gasteiger partial charge in [0.25, 0.3) is 5.91 Å². The van der Waals surface area contributed by atoms with Crippen molar-refractivity contribution in [3.05, 3.63) is 29.8 Å². The van der Waals surface area contributed by atoms with Crippen molar-refractivity contribution in [3.63, 3.8) is 0 Å². The molecule has 6 nitrogen and oxygen atoms in total. The summed E-state index contributed by atoms with van der Waals surface area (Å²) in [5.41, 5.74) is 0.620.